The number of aliphatic hydroxyl groups is 1. The van der Waals surface area contributed by atoms with Gasteiger partial charge in [-0.25, -0.2) is 14.9 Å². The number of aromatic nitrogens is 2. The summed E-state index contributed by atoms with van der Waals surface area (Å²) >= 11 is 0. The number of carbonyl (C=O) groups excluding carboxylic acids is 1. The number of para-hydroxylation sites is 1. The molecule has 38 heavy (non-hydrogen) atoms. The number of nitrogens with zero attached hydrogens (tertiary/aromatic N) is 4. The monoisotopic (exact) mass is 516 g/mol. The third kappa shape index (κ3) is 6.12. The van der Waals surface area contributed by atoms with Crippen LogP contribution in [0.15, 0.2) is 47.7 Å². The van der Waals surface area contributed by atoms with E-state index >= 15 is 0 Å². The highest BCUT2D eigenvalue weighted by Crippen LogP contribution is 2.29. The zero-order valence-electron chi connectivity index (χ0n) is 21.5. The molecule has 4 N–H and O–H groups in total. The Morgan fingerprint density at radius 3 is 2.74 bits per heavy atom. The van der Waals surface area contributed by atoms with Crippen molar-refractivity contribution in [1.82, 2.24) is 20.2 Å². The molecule has 1 aromatic heterocycles. The summed E-state index contributed by atoms with van der Waals surface area (Å²) in [5.74, 6) is 1.08. The van der Waals surface area contributed by atoms with Crippen LogP contribution in [0.2, 0.25) is 0 Å². The zero-order chi connectivity index (χ0) is 26.5. The zero-order valence-corrected chi connectivity index (χ0v) is 21.5. The standard InChI is InChI=1S/C22H22BN5O4.C5H11N/c29-13-28-23(31)19-10-16(5-4-14(19)12-25-28)26-22-24-11-15-2-1-3-20(21(15)27-22)32-18-8-6-17(30)7-9-18;1-5-3-2-4-6-5/h1-5,10-13,17-18,30-31H,6-9H2,(H,24,26,27);5-6H,2-4H2,1H3. The van der Waals surface area contributed by atoms with E-state index in [-0.39, 0.29) is 12.2 Å². The van der Waals surface area contributed by atoms with E-state index in [0.717, 1.165) is 47.6 Å². The molecule has 1 saturated carbocycles. The molecule has 3 aromatic rings. The number of aliphatic hydroxyl groups excluding tert-OH is 1. The average molecular weight is 516 g/mol. The molecule has 1 aliphatic carbocycles. The summed E-state index contributed by atoms with van der Waals surface area (Å²) in [6.45, 7) is 3.47. The van der Waals surface area contributed by atoms with Crippen molar-refractivity contribution in [2.24, 2.45) is 5.10 Å². The van der Waals surface area contributed by atoms with Gasteiger partial charge >= 0.3 is 7.05 Å². The first-order valence-electron chi connectivity index (χ1n) is 13.2. The van der Waals surface area contributed by atoms with Crippen molar-refractivity contribution in [3.05, 3.63) is 48.2 Å². The van der Waals surface area contributed by atoms with Crippen LogP contribution in [0.4, 0.5) is 11.6 Å². The fraction of sp³-hybridized carbons (Fsp3) is 0.407. The fourth-order valence-corrected chi connectivity index (χ4v) is 4.93. The topological polar surface area (TPSA) is 132 Å². The third-order valence-electron chi connectivity index (χ3n) is 7.13. The van der Waals surface area contributed by atoms with Gasteiger partial charge in [-0.3, -0.25) is 4.79 Å². The molecule has 2 aliphatic heterocycles. The van der Waals surface area contributed by atoms with E-state index in [4.69, 9.17) is 4.74 Å². The summed E-state index contributed by atoms with van der Waals surface area (Å²) < 4.78 is 6.22. The van der Waals surface area contributed by atoms with Crippen LogP contribution in [0.25, 0.3) is 10.9 Å². The first-order chi connectivity index (χ1) is 18.5. The van der Waals surface area contributed by atoms with Gasteiger partial charge in [0.05, 0.1) is 18.4 Å². The Morgan fingerprint density at radius 1 is 1.18 bits per heavy atom. The Labute approximate surface area is 222 Å². The molecule has 1 unspecified atom stereocenters. The number of amides is 1. The van der Waals surface area contributed by atoms with Gasteiger partial charge < -0.3 is 25.5 Å². The second-order valence-corrected chi connectivity index (χ2v) is 10.0. The maximum atomic E-state index is 11.1. The molecular weight excluding hydrogens is 483 g/mol. The highest BCUT2D eigenvalue weighted by molar-refractivity contribution is 6.67. The van der Waals surface area contributed by atoms with Gasteiger partial charge in [-0.2, -0.15) is 5.10 Å². The number of hydrogen-bond donors (Lipinski definition) is 4. The molecule has 2 aromatic carbocycles. The van der Waals surface area contributed by atoms with Crippen LogP contribution in [0.5, 0.6) is 5.75 Å². The number of nitrogens with one attached hydrogen (secondary N) is 2. The molecule has 1 saturated heterocycles. The lowest BCUT2D eigenvalue weighted by Gasteiger charge is -2.26. The number of anilines is 2. The van der Waals surface area contributed by atoms with E-state index in [9.17, 15) is 14.9 Å². The maximum Gasteiger partial charge on any atom is 0.474 e. The van der Waals surface area contributed by atoms with Crippen molar-refractivity contribution in [2.45, 2.75) is 63.7 Å². The van der Waals surface area contributed by atoms with Crippen LogP contribution in [-0.2, 0) is 4.79 Å². The third-order valence-corrected chi connectivity index (χ3v) is 7.13. The number of fused-ring (bicyclic) bond motifs is 2. The molecule has 198 valence electrons. The summed E-state index contributed by atoms with van der Waals surface area (Å²) in [5, 5.41) is 31.3. The summed E-state index contributed by atoms with van der Waals surface area (Å²) in [4.78, 5) is 21.1. The van der Waals surface area contributed by atoms with Crippen LogP contribution in [0.1, 0.15) is 51.0 Å². The summed E-state index contributed by atoms with van der Waals surface area (Å²) in [6, 6.07) is 11.9. The molecule has 1 atom stereocenters. The summed E-state index contributed by atoms with van der Waals surface area (Å²) in [5.41, 5.74) is 2.66. The van der Waals surface area contributed by atoms with E-state index < -0.39 is 7.05 Å². The number of hydrogen-bond acceptors (Lipinski definition) is 9. The quantitative estimate of drug-likeness (QED) is 0.300. The number of benzene rings is 2. The van der Waals surface area contributed by atoms with E-state index in [1.165, 1.54) is 25.6 Å². The maximum absolute atomic E-state index is 11.1. The molecule has 11 heteroatoms. The van der Waals surface area contributed by atoms with Gasteiger partial charge in [-0.1, -0.05) is 18.2 Å². The fourth-order valence-electron chi connectivity index (χ4n) is 4.93. The van der Waals surface area contributed by atoms with Gasteiger partial charge in [0.2, 0.25) is 12.4 Å². The Balaban J connectivity index is 0.000000433. The molecule has 1 amide bonds. The van der Waals surface area contributed by atoms with E-state index in [1.807, 2.05) is 24.3 Å². The van der Waals surface area contributed by atoms with Crippen molar-refractivity contribution >= 4 is 47.7 Å². The van der Waals surface area contributed by atoms with Crippen LogP contribution in [-0.4, -0.2) is 69.5 Å². The summed E-state index contributed by atoms with van der Waals surface area (Å²) in [7, 11) is -1.15. The SMILES string of the molecule is CC1CCCN1.O=CN1N=Cc2ccc(Nc3ncc4cccc(OC5CCC(O)CC5)c4n3)cc2B1O. The molecule has 0 bridgehead atoms. The van der Waals surface area contributed by atoms with Crippen molar-refractivity contribution in [1.29, 1.82) is 0 Å². The van der Waals surface area contributed by atoms with Gasteiger partial charge in [0.1, 0.15) is 11.3 Å². The molecule has 0 spiro atoms. The lowest BCUT2D eigenvalue weighted by atomic mass is 9.70. The number of ether oxygens (including phenoxy) is 1. The molecular formula is C27H33BN6O4. The Kier molecular flexibility index (Phi) is 8.16. The normalized spacial score (nSPS) is 22.4. The first-order valence-corrected chi connectivity index (χ1v) is 13.2. The van der Waals surface area contributed by atoms with Gasteiger partial charge in [0, 0.05) is 23.3 Å². The van der Waals surface area contributed by atoms with E-state index in [0.29, 0.717) is 34.8 Å². The second kappa shape index (κ2) is 11.9. The molecule has 2 fully saturated rings. The van der Waals surface area contributed by atoms with Crippen LogP contribution < -0.4 is 20.8 Å². The van der Waals surface area contributed by atoms with Crippen molar-refractivity contribution in [3.63, 3.8) is 0 Å². The van der Waals surface area contributed by atoms with Gasteiger partial charge in [-0.15, -0.1) is 0 Å². The lowest BCUT2D eigenvalue weighted by Crippen LogP contribution is -2.49. The molecule has 3 heterocycles. The number of carbonyl (C=O) groups is 1. The molecule has 6 rings (SSSR count). The second-order valence-electron chi connectivity index (χ2n) is 10.0. The molecule has 10 nitrogen and oxygen atoms in total. The van der Waals surface area contributed by atoms with Crippen LogP contribution in [0.3, 0.4) is 0 Å². The Morgan fingerprint density at radius 2 is 2.03 bits per heavy atom. The van der Waals surface area contributed by atoms with E-state index in [2.05, 4.69) is 32.6 Å². The Bertz CT molecular complexity index is 1290. The number of rotatable bonds is 5. The lowest BCUT2D eigenvalue weighted by molar-refractivity contribution is -0.114. The predicted molar refractivity (Wildman–Crippen MR) is 148 cm³/mol. The van der Waals surface area contributed by atoms with Crippen molar-refractivity contribution < 1.29 is 19.7 Å². The van der Waals surface area contributed by atoms with Crippen LogP contribution >= 0.6 is 0 Å². The smallest absolute Gasteiger partial charge is 0.474 e. The average Bonchev–Trinajstić information content (AvgIpc) is 3.42. The van der Waals surface area contributed by atoms with Crippen molar-refractivity contribution in [3.8, 4) is 5.75 Å². The summed E-state index contributed by atoms with van der Waals surface area (Å²) in [6.07, 6.45) is 9.42. The largest absolute Gasteiger partial charge is 0.488 e. The van der Waals surface area contributed by atoms with Gasteiger partial charge in [0.25, 0.3) is 0 Å². The number of hydrazone groups is 1. The van der Waals surface area contributed by atoms with Crippen molar-refractivity contribution in [2.75, 3.05) is 11.9 Å². The highest BCUT2D eigenvalue weighted by Gasteiger charge is 2.29. The minimum atomic E-state index is -1.15. The molecule has 3 aliphatic rings. The minimum absolute atomic E-state index is 0.0555. The first kappa shape index (κ1) is 26.1. The highest BCUT2D eigenvalue weighted by atomic mass is 16.5. The van der Waals surface area contributed by atoms with Crippen LogP contribution in [0, 0.1) is 0 Å². The Hall–Kier alpha value is -3.54. The van der Waals surface area contributed by atoms with Gasteiger partial charge in [-0.05, 0) is 81.2 Å². The van der Waals surface area contributed by atoms with E-state index in [1.54, 1.807) is 18.3 Å². The predicted octanol–water partition coefficient (Wildman–Crippen LogP) is 2.31. The minimum Gasteiger partial charge on any atom is -0.488 e. The van der Waals surface area contributed by atoms with Gasteiger partial charge in [0.15, 0.2) is 0 Å². The molecule has 0 radical (unpaired) electrons.